The molecule has 0 spiro atoms. The zero-order valence-corrected chi connectivity index (χ0v) is 22.8. The molecule has 1 saturated carbocycles. The van der Waals surface area contributed by atoms with Gasteiger partial charge in [0.05, 0.1) is 17.6 Å². The van der Waals surface area contributed by atoms with Crippen molar-refractivity contribution < 1.29 is 28.3 Å². The summed E-state index contributed by atoms with van der Waals surface area (Å²) in [5.74, 6) is -1.98. The van der Waals surface area contributed by atoms with Crippen LogP contribution in [0.3, 0.4) is 0 Å². The van der Waals surface area contributed by atoms with Crippen LogP contribution in [0.4, 0.5) is 19.3 Å². The van der Waals surface area contributed by atoms with Gasteiger partial charge in [-0.05, 0) is 43.4 Å². The second kappa shape index (κ2) is 12.7. The number of pyridine rings is 1. The number of hydrogen-bond acceptors (Lipinski definition) is 5. The first-order valence-corrected chi connectivity index (χ1v) is 13.2. The quantitative estimate of drug-likeness (QED) is 0.286. The fraction of sp³-hybridized carbons (Fsp3) is 0.393. The highest BCUT2D eigenvalue weighted by molar-refractivity contribution is 5.96. The van der Waals surface area contributed by atoms with Crippen molar-refractivity contribution in [2.45, 2.75) is 51.2 Å². The van der Waals surface area contributed by atoms with Crippen LogP contribution in [0.1, 0.15) is 37.9 Å². The molecule has 1 atom stereocenters. The van der Waals surface area contributed by atoms with Crippen LogP contribution >= 0.6 is 0 Å². The monoisotopic (exact) mass is 570 g/mol. The van der Waals surface area contributed by atoms with Crippen molar-refractivity contribution in [1.29, 1.82) is 0 Å². The molecule has 3 aromatic rings. The first-order valence-electron chi connectivity index (χ1n) is 13.2. The van der Waals surface area contributed by atoms with E-state index in [0.717, 1.165) is 31.4 Å². The third kappa shape index (κ3) is 7.56. The van der Waals surface area contributed by atoms with Crippen molar-refractivity contribution in [3.05, 3.63) is 70.4 Å². The Morgan fingerprint density at radius 1 is 1.22 bits per heavy atom. The summed E-state index contributed by atoms with van der Waals surface area (Å²) in [4.78, 5) is 55.0. The van der Waals surface area contributed by atoms with E-state index in [-0.39, 0.29) is 36.5 Å². The molecule has 0 radical (unpaired) electrons. The van der Waals surface area contributed by atoms with Gasteiger partial charge in [0.1, 0.15) is 17.6 Å². The number of halogens is 2. The molecule has 3 N–H and O–H groups in total. The number of anilines is 1. The molecule has 2 aromatic heterocycles. The van der Waals surface area contributed by atoms with E-state index in [1.54, 1.807) is 24.7 Å². The fourth-order valence-electron chi connectivity index (χ4n) is 4.40. The summed E-state index contributed by atoms with van der Waals surface area (Å²) in [6.07, 6.45) is 6.32. The number of hydrogen-bond donors (Lipinski definition) is 3. The van der Waals surface area contributed by atoms with Gasteiger partial charge in [0, 0.05) is 39.0 Å². The number of carbonyl (C=O) groups excluding carboxylic acids is 2. The minimum absolute atomic E-state index is 0.0212. The number of carboxylic acid groups (broad SMARTS) is 1. The number of imidazole rings is 1. The molecule has 0 aliphatic heterocycles. The Bertz CT molecular complexity index is 1540. The van der Waals surface area contributed by atoms with Gasteiger partial charge in [-0.3, -0.25) is 14.4 Å². The summed E-state index contributed by atoms with van der Waals surface area (Å²) in [5.41, 5.74) is 0.0624. The number of allylic oxidation sites excluding steroid dienone is 1. The standard InChI is InChI=1S/C28H32F2N6O5/c1-34(2)25(37)8-4-3-6-20(33-28(40)41)26(38)32-21-7-5-12-35(27(21)39)16-24-31-22-14-18(29)19(30)15-23(22)36(24)13-11-17-9-10-17/h4-5,7-8,12,14-15,17,20,33H,3,6,9-11,13,16H2,1-2H3,(H,32,38)(H,40,41)/b8-4+. The Hall–Kier alpha value is -4.55. The molecule has 13 heteroatoms. The fourth-order valence-corrected chi connectivity index (χ4v) is 4.40. The molecule has 2 heterocycles. The van der Waals surface area contributed by atoms with Crippen molar-refractivity contribution in [3.63, 3.8) is 0 Å². The lowest BCUT2D eigenvalue weighted by Gasteiger charge is -2.16. The summed E-state index contributed by atoms with van der Waals surface area (Å²) in [6, 6.07) is 3.89. The van der Waals surface area contributed by atoms with E-state index in [1.165, 1.54) is 33.9 Å². The number of benzene rings is 1. The van der Waals surface area contributed by atoms with Crippen LogP contribution in [-0.4, -0.2) is 62.2 Å². The van der Waals surface area contributed by atoms with Crippen molar-refractivity contribution >= 4 is 34.6 Å². The number of fused-ring (bicyclic) bond motifs is 1. The minimum Gasteiger partial charge on any atom is -0.465 e. The van der Waals surface area contributed by atoms with Crippen molar-refractivity contribution in [2.24, 2.45) is 5.92 Å². The van der Waals surface area contributed by atoms with E-state index in [2.05, 4.69) is 15.6 Å². The molecule has 1 aliphatic carbocycles. The van der Waals surface area contributed by atoms with Crippen molar-refractivity contribution in [1.82, 2.24) is 24.3 Å². The summed E-state index contributed by atoms with van der Waals surface area (Å²) >= 11 is 0. The number of aryl methyl sites for hydroxylation is 1. The topological polar surface area (TPSA) is 139 Å². The summed E-state index contributed by atoms with van der Waals surface area (Å²) in [6.45, 7) is 0.510. The van der Waals surface area contributed by atoms with Crippen LogP contribution in [-0.2, 0) is 22.7 Å². The Kier molecular flexibility index (Phi) is 9.15. The Balaban J connectivity index is 1.53. The smallest absolute Gasteiger partial charge is 0.405 e. The van der Waals surface area contributed by atoms with Crippen molar-refractivity contribution in [3.8, 4) is 0 Å². The third-order valence-corrected chi connectivity index (χ3v) is 6.85. The number of likely N-dealkylation sites (N-methyl/N-ethyl adjacent to an activating group) is 1. The second-order valence-corrected chi connectivity index (χ2v) is 10.2. The van der Waals surface area contributed by atoms with E-state index >= 15 is 0 Å². The lowest BCUT2D eigenvalue weighted by atomic mass is 10.1. The number of nitrogens with one attached hydrogen (secondary N) is 2. The van der Waals surface area contributed by atoms with E-state index in [1.807, 2.05) is 0 Å². The zero-order valence-electron chi connectivity index (χ0n) is 22.8. The van der Waals surface area contributed by atoms with E-state index in [4.69, 9.17) is 0 Å². The molecule has 0 bridgehead atoms. The normalized spacial score (nSPS) is 13.9. The molecule has 1 unspecified atom stereocenters. The van der Waals surface area contributed by atoms with Gasteiger partial charge in [-0.2, -0.15) is 0 Å². The average molecular weight is 571 g/mol. The molecule has 0 saturated heterocycles. The summed E-state index contributed by atoms with van der Waals surface area (Å²) < 4.78 is 31.1. The molecule has 1 aromatic carbocycles. The van der Waals surface area contributed by atoms with Gasteiger partial charge in [0.25, 0.3) is 5.56 Å². The predicted octanol–water partition coefficient (Wildman–Crippen LogP) is 3.32. The predicted molar refractivity (Wildman–Crippen MR) is 147 cm³/mol. The average Bonchev–Trinajstić information content (AvgIpc) is 3.69. The number of amides is 3. The van der Waals surface area contributed by atoms with E-state index in [0.29, 0.717) is 23.8 Å². The van der Waals surface area contributed by atoms with E-state index < -0.39 is 35.2 Å². The molecular weight excluding hydrogens is 538 g/mol. The molecule has 4 rings (SSSR count). The maximum absolute atomic E-state index is 14.1. The number of carbonyl (C=O) groups is 3. The molecule has 11 nitrogen and oxygen atoms in total. The van der Waals surface area contributed by atoms with Gasteiger partial charge in [-0.15, -0.1) is 0 Å². The van der Waals surface area contributed by atoms with E-state index in [9.17, 15) is 33.1 Å². The maximum Gasteiger partial charge on any atom is 0.405 e. The highest BCUT2D eigenvalue weighted by Crippen LogP contribution is 2.33. The SMILES string of the molecule is CN(C)C(=O)/C=C/CCC(NC(=O)O)C(=O)Nc1cccn(Cc2nc3cc(F)c(F)cc3n2CCC2CC2)c1=O. The zero-order chi connectivity index (χ0) is 29.7. The number of aromatic nitrogens is 3. The molecule has 3 amide bonds. The molecular formula is C28H32F2N6O5. The van der Waals surface area contributed by atoms with Crippen molar-refractivity contribution in [2.75, 3.05) is 19.4 Å². The highest BCUT2D eigenvalue weighted by Gasteiger charge is 2.24. The molecule has 1 aliphatic rings. The van der Waals surface area contributed by atoms with Gasteiger partial charge in [0.15, 0.2) is 11.6 Å². The molecule has 41 heavy (non-hydrogen) atoms. The lowest BCUT2D eigenvalue weighted by molar-refractivity contribution is -0.123. The second-order valence-electron chi connectivity index (χ2n) is 10.2. The van der Waals surface area contributed by atoms with Crippen LogP contribution in [0.2, 0.25) is 0 Å². The summed E-state index contributed by atoms with van der Waals surface area (Å²) in [5, 5.41) is 13.8. The number of nitrogens with zero attached hydrogens (tertiary/aromatic N) is 4. The van der Waals surface area contributed by atoms with Crippen LogP contribution in [0.15, 0.2) is 47.4 Å². The summed E-state index contributed by atoms with van der Waals surface area (Å²) in [7, 11) is 3.18. The molecule has 1 fully saturated rings. The van der Waals surface area contributed by atoms with Crippen LogP contribution in [0.5, 0.6) is 0 Å². The van der Waals surface area contributed by atoms with Gasteiger partial charge in [-0.1, -0.05) is 18.9 Å². The first-order chi connectivity index (χ1) is 19.5. The van der Waals surface area contributed by atoms with Gasteiger partial charge < -0.3 is 29.8 Å². The maximum atomic E-state index is 14.1. The van der Waals surface area contributed by atoms with Crippen LogP contribution in [0.25, 0.3) is 11.0 Å². The van der Waals surface area contributed by atoms with Crippen LogP contribution < -0.4 is 16.2 Å². The van der Waals surface area contributed by atoms with Crippen LogP contribution in [0, 0.1) is 17.6 Å². The first kappa shape index (κ1) is 29.4. The lowest BCUT2D eigenvalue weighted by Crippen LogP contribution is -2.44. The minimum atomic E-state index is -1.41. The highest BCUT2D eigenvalue weighted by atomic mass is 19.2. The Morgan fingerprint density at radius 2 is 1.95 bits per heavy atom. The van der Waals surface area contributed by atoms with Gasteiger partial charge >= 0.3 is 6.09 Å². The van der Waals surface area contributed by atoms with Gasteiger partial charge in [-0.25, -0.2) is 18.6 Å². The Morgan fingerprint density at radius 3 is 2.63 bits per heavy atom. The largest absolute Gasteiger partial charge is 0.465 e. The molecule has 218 valence electrons. The third-order valence-electron chi connectivity index (χ3n) is 6.85. The van der Waals surface area contributed by atoms with Gasteiger partial charge in [0.2, 0.25) is 11.8 Å². The Labute approximate surface area is 234 Å². The number of rotatable bonds is 12.